The Kier molecular flexibility index (Phi) is 3.00. The lowest BCUT2D eigenvalue weighted by atomic mass is 10.2. The maximum atomic E-state index is 12.3. The molecule has 2 aromatic rings. The molecule has 2 aromatic carbocycles. The highest BCUT2D eigenvalue weighted by molar-refractivity contribution is 7.91. The molecular formula is C13H12O4S. The van der Waals surface area contributed by atoms with Gasteiger partial charge in [-0.15, -0.1) is 0 Å². The third kappa shape index (κ3) is 2.31. The molecule has 0 fully saturated rings. The number of phenolic OH excluding ortho intramolecular Hbond substituents is 2. The Hall–Kier alpha value is -2.01. The van der Waals surface area contributed by atoms with Crippen LogP contribution in [0, 0.1) is 6.92 Å². The fourth-order valence-electron chi connectivity index (χ4n) is 1.64. The van der Waals surface area contributed by atoms with Gasteiger partial charge in [0.05, 0.1) is 9.79 Å². The zero-order valence-electron chi connectivity index (χ0n) is 9.66. The van der Waals surface area contributed by atoms with Gasteiger partial charge in [-0.3, -0.25) is 0 Å². The molecule has 0 saturated carbocycles. The number of benzene rings is 2. The fraction of sp³-hybridized carbons (Fsp3) is 0.0769. The largest absolute Gasteiger partial charge is 0.508 e. The third-order valence-corrected chi connectivity index (χ3v) is 4.24. The van der Waals surface area contributed by atoms with E-state index < -0.39 is 9.84 Å². The van der Waals surface area contributed by atoms with E-state index in [1.807, 2.05) is 0 Å². The molecule has 0 amide bonds. The Morgan fingerprint density at radius 3 is 2.00 bits per heavy atom. The normalized spacial score (nSPS) is 11.4. The van der Waals surface area contributed by atoms with Crippen molar-refractivity contribution >= 4 is 9.84 Å². The quantitative estimate of drug-likeness (QED) is 0.872. The minimum absolute atomic E-state index is 0.000962. The van der Waals surface area contributed by atoms with Crippen molar-refractivity contribution in [1.82, 2.24) is 0 Å². The lowest BCUT2D eigenvalue weighted by Gasteiger charge is -2.06. The molecule has 0 unspecified atom stereocenters. The van der Waals surface area contributed by atoms with Crippen molar-refractivity contribution in [3.8, 4) is 11.5 Å². The third-order valence-electron chi connectivity index (χ3n) is 2.49. The van der Waals surface area contributed by atoms with Crippen LogP contribution in [0.25, 0.3) is 0 Å². The first kappa shape index (κ1) is 12.4. The fourth-order valence-corrected chi connectivity index (χ4v) is 3.03. The van der Waals surface area contributed by atoms with Crippen LogP contribution in [0.2, 0.25) is 0 Å². The molecule has 0 aliphatic carbocycles. The number of aryl methyl sites for hydroxylation is 1. The first-order chi connectivity index (χ1) is 8.39. The van der Waals surface area contributed by atoms with Crippen LogP contribution in [-0.4, -0.2) is 18.6 Å². The summed E-state index contributed by atoms with van der Waals surface area (Å²) in [6.07, 6.45) is 0. The molecule has 0 aromatic heterocycles. The van der Waals surface area contributed by atoms with Crippen molar-refractivity contribution in [3.63, 3.8) is 0 Å². The molecule has 0 spiro atoms. The summed E-state index contributed by atoms with van der Waals surface area (Å²) >= 11 is 0. The van der Waals surface area contributed by atoms with Gasteiger partial charge in [0, 0.05) is 0 Å². The minimum atomic E-state index is -3.67. The molecule has 5 heteroatoms. The summed E-state index contributed by atoms with van der Waals surface area (Å²) in [4.78, 5) is 0.107. The van der Waals surface area contributed by atoms with Crippen LogP contribution in [0.1, 0.15) is 5.56 Å². The van der Waals surface area contributed by atoms with Crippen LogP contribution in [0.5, 0.6) is 11.5 Å². The van der Waals surface area contributed by atoms with Crippen molar-refractivity contribution in [2.24, 2.45) is 0 Å². The average molecular weight is 264 g/mol. The second-order valence-electron chi connectivity index (χ2n) is 4.00. The summed E-state index contributed by atoms with van der Waals surface area (Å²) in [6, 6.07) is 9.44. The van der Waals surface area contributed by atoms with E-state index in [4.69, 9.17) is 5.11 Å². The Balaban J connectivity index is 2.57. The Bertz CT molecular complexity index is 652. The molecule has 0 radical (unpaired) electrons. The molecule has 2 N–H and O–H groups in total. The summed E-state index contributed by atoms with van der Waals surface area (Å²) in [5.41, 5.74) is 0.660. The first-order valence-corrected chi connectivity index (χ1v) is 6.73. The summed E-state index contributed by atoms with van der Waals surface area (Å²) in [7, 11) is -3.67. The van der Waals surface area contributed by atoms with Crippen LogP contribution in [-0.2, 0) is 9.84 Å². The molecule has 2 rings (SSSR count). The lowest BCUT2D eigenvalue weighted by Crippen LogP contribution is -2.02. The van der Waals surface area contributed by atoms with E-state index in [1.54, 1.807) is 6.92 Å². The number of rotatable bonds is 2. The number of phenols is 2. The van der Waals surface area contributed by atoms with Gasteiger partial charge in [0.15, 0.2) is 0 Å². The van der Waals surface area contributed by atoms with E-state index in [0.717, 1.165) is 0 Å². The van der Waals surface area contributed by atoms with Crippen LogP contribution < -0.4 is 0 Å². The van der Waals surface area contributed by atoms with E-state index in [1.165, 1.54) is 42.5 Å². The predicted molar refractivity (Wildman–Crippen MR) is 66.4 cm³/mol. The molecule has 0 aliphatic heterocycles. The second kappa shape index (κ2) is 4.34. The zero-order chi connectivity index (χ0) is 13.3. The molecular weight excluding hydrogens is 252 g/mol. The monoisotopic (exact) mass is 264 g/mol. The molecule has 4 nitrogen and oxygen atoms in total. The van der Waals surface area contributed by atoms with E-state index in [2.05, 4.69) is 0 Å². The van der Waals surface area contributed by atoms with Gasteiger partial charge in [0.2, 0.25) is 9.84 Å². The van der Waals surface area contributed by atoms with E-state index in [0.29, 0.717) is 5.56 Å². The Morgan fingerprint density at radius 1 is 0.833 bits per heavy atom. The minimum Gasteiger partial charge on any atom is -0.508 e. The van der Waals surface area contributed by atoms with Gasteiger partial charge in [0.25, 0.3) is 0 Å². The number of sulfone groups is 1. The van der Waals surface area contributed by atoms with Crippen molar-refractivity contribution in [3.05, 3.63) is 48.0 Å². The molecule has 0 heterocycles. The summed E-state index contributed by atoms with van der Waals surface area (Å²) in [5, 5.41) is 18.6. The van der Waals surface area contributed by atoms with E-state index in [-0.39, 0.29) is 21.3 Å². The maximum Gasteiger partial charge on any atom is 0.206 e. The van der Waals surface area contributed by atoms with Gasteiger partial charge in [-0.1, -0.05) is 0 Å². The zero-order valence-corrected chi connectivity index (χ0v) is 10.5. The predicted octanol–water partition coefficient (Wildman–Crippen LogP) is 2.24. The van der Waals surface area contributed by atoms with Crippen molar-refractivity contribution < 1.29 is 18.6 Å². The summed E-state index contributed by atoms with van der Waals surface area (Å²) in [6.45, 7) is 1.70. The van der Waals surface area contributed by atoms with E-state index in [9.17, 15) is 13.5 Å². The number of hydrogen-bond donors (Lipinski definition) is 2. The first-order valence-electron chi connectivity index (χ1n) is 5.24. The van der Waals surface area contributed by atoms with E-state index >= 15 is 0 Å². The van der Waals surface area contributed by atoms with Crippen LogP contribution >= 0.6 is 0 Å². The number of hydrogen-bond acceptors (Lipinski definition) is 4. The van der Waals surface area contributed by atoms with Crippen LogP contribution in [0.3, 0.4) is 0 Å². The lowest BCUT2D eigenvalue weighted by molar-refractivity contribution is 0.472. The van der Waals surface area contributed by atoms with Gasteiger partial charge in [-0.25, -0.2) is 8.42 Å². The Morgan fingerprint density at radius 2 is 1.44 bits per heavy atom. The molecule has 0 bridgehead atoms. The summed E-state index contributed by atoms with van der Waals surface area (Å²) in [5.74, 6) is -0.0895. The SMILES string of the molecule is Cc1cc(O)cc(S(=O)(=O)c2ccc(O)cc2)c1. The molecule has 18 heavy (non-hydrogen) atoms. The second-order valence-corrected chi connectivity index (χ2v) is 5.95. The van der Waals surface area contributed by atoms with Crippen molar-refractivity contribution in [2.75, 3.05) is 0 Å². The van der Waals surface area contributed by atoms with Crippen molar-refractivity contribution in [2.45, 2.75) is 16.7 Å². The van der Waals surface area contributed by atoms with Gasteiger partial charge in [-0.05, 0) is 55.0 Å². The van der Waals surface area contributed by atoms with Crippen LogP contribution in [0.15, 0.2) is 52.3 Å². The van der Waals surface area contributed by atoms with Gasteiger partial charge in [-0.2, -0.15) is 0 Å². The van der Waals surface area contributed by atoms with Gasteiger partial charge < -0.3 is 10.2 Å². The highest BCUT2D eigenvalue weighted by Crippen LogP contribution is 2.26. The highest BCUT2D eigenvalue weighted by atomic mass is 32.2. The highest BCUT2D eigenvalue weighted by Gasteiger charge is 2.18. The maximum absolute atomic E-state index is 12.3. The smallest absolute Gasteiger partial charge is 0.206 e. The van der Waals surface area contributed by atoms with Gasteiger partial charge in [0.1, 0.15) is 11.5 Å². The molecule has 0 saturated heterocycles. The number of aromatic hydroxyl groups is 2. The molecule has 0 atom stereocenters. The summed E-state index contributed by atoms with van der Waals surface area (Å²) < 4.78 is 24.5. The van der Waals surface area contributed by atoms with Gasteiger partial charge >= 0.3 is 0 Å². The average Bonchev–Trinajstić information content (AvgIpc) is 2.28. The van der Waals surface area contributed by atoms with Crippen LogP contribution in [0.4, 0.5) is 0 Å². The topological polar surface area (TPSA) is 74.6 Å². The molecule has 0 aliphatic rings. The van der Waals surface area contributed by atoms with Crippen molar-refractivity contribution in [1.29, 1.82) is 0 Å². The Labute approximate surface area is 105 Å². The standard InChI is InChI=1S/C13H12O4S/c1-9-6-11(15)8-13(7-9)18(16,17)12-4-2-10(14)3-5-12/h2-8,14-15H,1H3. The molecule has 94 valence electrons.